The van der Waals surface area contributed by atoms with E-state index in [1.165, 1.54) is 63.4 Å². The number of nitrogens with zero attached hydrogens (tertiary/aromatic N) is 1. The number of hydrogen-bond acceptors (Lipinski definition) is 1. The lowest BCUT2D eigenvalue weighted by Crippen LogP contribution is -2.25. The third-order valence-electron chi connectivity index (χ3n) is 6.13. The molecule has 2 aliphatic carbocycles. The minimum absolute atomic E-state index is 0.611. The minimum Gasteiger partial charge on any atom is -0.244 e. The van der Waals surface area contributed by atoms with Gasteiger partial charge in [0.05, 0.1) is 0 Å². The summed E-state index contributed by atoms with van der Waals surface area (Å²) in [7, 11) is 0. The second-order valence-electron chi connectivity index (χ2n) is 7.22. The van der Waals surface area contributed by atoms with Crippen molar-refractivity contribution in [1.29, 1.82) is 0 Å². The molecule has 2 saturated carbocycles. The molecule has 116 valence electrons. The highest BCUT2D eigenvalue weighted by Gasteiger charge is 2.30. The smallest absolute Gasteiger partial charge is 0.129 e. The van der Waals surface area contributed by atoms with Gasteiger partial charge in [0, 0.05) is 6.20 Å². The predicted octanol–water partition coefficient (Wildman–Crippen LogP) is 6.23. The monoisotopic (exact) mass is 305 g/mol. The van der Waals surface area contributed by atoms with Gasteiger partial charge >= 0.3 is 0 Å². The molecule has 1 aromatic rings. The van der Waals surface area contributed by atoms with Crippen LogP contribution in [0.3, 0.4) is 0 Å². The second kappa shape index (κ2) is 7.13. The maximum Gasteiger partial charge on any atom is 0.129 e. The summed E-state index contributed by atoms with van der Waals surface area (Å²) in [6.07, 6.45) is 14.9. The highest BCUT2D eigenvalue weighted by molar-refractivity contribution is 6.29. The standard InChI is InChI=1S/C19H28ClN/c1-2-14-3-5-15(6-4-14)16-7-9-17(10-8-16)18-11-12-19(20)21-13-18/h11-17H,2-10H2,1H3. The first kappa shape index (κ1) is 15.3. The van der Waals surface area contributed by atoms with Gasteiger partial charge in [-0.25, -0.2) is 4.98 Å². The first-order valence-corrected chi connectivity index (χ1v) is 9.25. The zero-order valence-corrected chi connectivity index (χ0v) is 14.0. The summed E-state index contributed by atoms with van der Waals surface area (Å²) in [5, 5.41) is 0.611. The number of rotatable bonds is 3. The van der Waals surface area contributed by atoms with Gasteiger partial charge in [0.1, 0.15) is 5.15 Å². The molecule has 0 bridgehead atoms. The first-order chi connectivity index (χ1) is 10.3. The Hall–Kier alpha value is -0.560. The first-order valence-electron chi connectivity index (χ1n) is 8.87. The second-order valence-corrected chi connectivity index (χ2v) is 7.60. The van der Waals surface area contributed by atoms with Crippen molar-refractivity contribution in [2.45, 2.75) is 70.6 Å². The molecule has 2 aliphatic rings. The van der Waals surface area contributed by atoms with E-state index < -0.39 is 0 Å². The fraction of sp³-hybridized carbons (Fsp3) is 0.737. The van der Waals surface area contributed by atoms with Crippen LogP contribution in [0.2, 0.25) is 5.15 Å². The fourth-order valence-electron chi connectivity index (χ4n) is 4.62. The van der Waals surface area contributed by atoms with Crippen LogP contribution < -0.4 is 0 Å². The molecule has 0 atom stereocenters. The third-order valence-corrected chi connectivity index (χ3v) is 6.35. The van der Waals surface area contributed by atoms with Crippen LogP contribution in [0, 0.1) is 17.8 Å². The Morgan fingerprint density at radius 1 is 0.952 bits per heavy atom. The summed E-state index contributed by atoms with van der Waals surface area (Å²) in [5.41, 5.74) is 1.40. The number of halogens is 1. The van der Waals surface area contributed by atoms with Crippen LogP contribution in [0.5, 0.6) is 0 Å². The largest absolute Gasteiger partial charge is 0.244 e. The maximum absolute atomic E-state index is 5.89. The van der Waals surface area contributed by atoms with Crippen LogP contribution in [0.15, 0.2) is 18.3 Å². The van der Waals surface area contributed by atoms with Crippen molar-refractivity contribution < 1.29 is 0 Å². The number of pyridine rings is 1. The van der Waals surface area contributed by atoms with E-state index in [-0.39, 0.29) is 0 Å². The van der Waals surface area contributed by atoms with Crippen LogP contribution in [0.25, 0.3) is 0 Å². The minimum atomic E-state index is 0.611. The molecule has 0 amide bonds. The van der Waals surface area contributed by atoms with Crippen LogP contribution in [0.1, 0.15) is 76.2 Å². The van der Waals surface area contributed by atoms with Gasteiger partial charge in [-0.15, -0.1) is 0 Å². The average molecular weight is 306 g/mol. The van der Waals surface area contributed by atoms with Crippen molar-refractivity contribution >= 4 is 11.6 Å². The Morgan fingerprint density at radius 2 is 1.57 bits per heavy atom. The molecule has 0 spiro atoms. The topological polar surface area (TPSA) is 12.9 Å². The molecule has 3 rings (SSSR count). The summed E-state index contributed by atoms with van der Waals surface area (Å²) >= 11 is 5.89. The summed E-state index contributed by atoms with van der Waals surface area (Å²) in [6.45, 7) is 2.36. The molecule has 0 saturated heterocycles. The fourth-order valence-corrected chi connectivity index (χ4v) is 4.73. The lowest BCUT2D eigenvalue weighted by Gasteiger charge is -2.37. The molecular formula is C19H28ClN. The van der Waals surface area contributed by atoms with Crippen molar-refractivity contribution in [3.05, 3.63) is 29.0 Å². The van der Waals surface area contributed by atoms with Gasteiger partial charge in [0.15, 0.2) is 0 Å². The molecule has 2 heteroatoms. The van der Waals surface area contributed by atoms with Gasteiger partial charge in [0.25, 0.3) is 0 Å². The highest BCUT2D eigenvalue weighted by Crippen LogP contribution is 2.44. The van der Waals surface area contributed by atoms with E-state index in [0.29, 0.717) is 5.15 Å². The lowest BCUT2D eigenvalue weighted by molar-refractivity contribution is 0.158. The van der Waals surface area contributed by atoms with Crippen LogP contribution in [-0.2, 0) is 0 Å². The van der Waals surface area contributed by atoms with E-state index in [4.69, 9.17) is 11.6 Å². The molecule has 1 aromatic heterocycles. The summed E-state index contributed by atoms with van der Waals surface area (Å²) in [4.78, 5) is 4.25. The summed E-state index contributed by atoms with van der Waals surface area (Å²) in [6, 6.07) is 4.11. The normalized spacial score (nSPS) is 33.8. The van der Waals surface area contributed by atoms with Crippen molar-refractivity contribution in [3.63, 3.8) is 0 Å². The zero-order chi connectivity index (χ0) is 14.7. The molecule has 21 heavy (non-hydrogen) atoms. The van der Waals surface area contributed by atoms with E-state index in [2.05, 4.69) is 18.0 Å². The Labute approximate surface area is 134 Å². The molecule has 0 N–H and O–H groups in total. The molecule has 0 unspecified atom stereocenters. The van der Waals surface area contributed by atoms with Gasteiger partial charge < -0.3 is 0 Å². The van der Waals surface area contributed by atoms with Gasteiger partial charge in [-0.2, -0.15) is 0 Å². The van der Waals surface area contributed by atoms with Crippen molar-refractivity contribution in [2.75, 3.05) is 0 Å². The van der Waals surface area contributed by atoms with Crippen molar-refractivity contribution in [1.82, 2.24) is 4.98 Å². The SMILES string of the molecule is CCC1CCC(C2CCC(c3ccc(Cl)nc3)CC2)CC1. The van der Waals surface area contributed by atoms with Crippen LogP contribution in [-0.4, -0.2) is 4.98 Å². The Bertz CT molecular complexity index is 425. The van der Waals surface area contributed by atoms with Crippen LogP contribution >= 0.6 is 11.6 Å². The molecule has 0 radical (unpaired) electrons. The number of aromatic nitrogens is 1. The third kappa shape index (κ3) is 3.80. The molecule has 0 aromatic carbocycles. The van der Waals surface area contributed by atoms with E-state index >= 15 is 0 Å². The van der Waals surface area contributed by atoms with Crippen LogP contribution in [0.4, 0.5) is 0 Å². The Kier molecular flexibility index (Phi) is 5.21. The average Bonchev–Trinajstić information content (AvgIpc) is 2.56. The van der Waals surface area contributed by atoms with E-state index in [1.807, 2.05) is 12.3 Å². The molecule has 1 nitrogen and oxygen atoms in total. The van der Waals surface area contributed by atoms with Crippen molar-refractivity contribution in [3.8, 4) is 0 Å². The summed E-state index contributed by atoms with van der Waals surface area (Å²) < 4.78 is 0. The van der Waals surface area contributed by atoms with Crippen molar-refractivity contribution in [2.24, 2.45) is 17.8 Å². The van der Waals surface area contributed by atoms with Gasteiger partial charge in [-0.3, -0.25) is 0 Å². The molecular weight excluding hydrogens is 278 g/mol. The van der Waals surface area contributed by atoms with E-state index in [0.717, 1.165) is 23.7 Å². The summed E-state index contributed by atoms with van der Waals surface area (Å²) in [5.74, 6) is 3.77. The maximum atomic E-state index is 5.89. The lowest BCUT2D eigenvalue weighted by atomic mass is 9.68. The highest BCUT2D eigenvalue weighted by atomic mass is 35.5. The Balaban J connectivity index is 1.50. The molecule has 2 fully saturated rings. The predicted molar refractivity (Wildman–Crippen MR) is 89.7 cm³/mol. The Morgan fingerprint density at radius 3 is 2.10 bits per heavy atom. The van der Waals surface area contributed by atoms with E-state index in [9.17, 15) is 0 Å². The van der Waals surface area contributed by atoms with Gasteiger partial charge in [-0.05, 0) is 73.8 Å². The number of hydrogen-bond donors (Lipinski definition) is 0. The zero-order valence-electron chi connectivity index (χ0n) is 13.2. The van der Waals surface area contributed by atoms with Gasteiger partial charge in [-0.1, -0.05) is 43.9 Å². The van der Waals surface area contributed by atoms with E-state index in [1.54, 1.807) is 0 Å². The molecule has 1 heterocycles. The van der Waals surface area contributed by atoms with Gasteiger partial charge in [0.2, 0.25) is 0 Å². The molecule has 0 aliphatic heterocycles. The quantitative estimate of drug-likeness (QED) is 0.604.